The van der Waals surface area contributed by atoms with Gasteiger partial charge in [-0.05, 0) is 27.7 Å². The van der Waals surface area contributed by atoms with Gasteiger partial charge in [0.2, 0.25) is 0 Å². The van der Waals surface area contributed by atoms with Crippen LogP contribution in [0.25, 0.3) is 0 Å². The summed E-state index contributed by atoms with van der Waals surface area (Å²) in [5.41, 5.74) is -1.87. The number of nitrogens with zero attached hydrogens (tertiary/aromatic N) is 3. The molecular weight excluding hydrogens is 236 g/mol. The fraction of sp³-hybridized carbons (Fsp3) is 0.636. The first-order valence-electron chi connectivity index (χ1n) is 5.49. The molecule has 0 saturated heterocycles. The molecule has 1 aromatic heterocycles. The van der Waals surface area contributed by atoms with Crippen molar-refractivity contribution in [3.8, 4) is 0 Å². The van der Waals surface area contributed by atoms with Gasteiger partial charge < -0.3 is 9.53 Å². The largest absolute Gasteiger partial charge is 0.444 e. The Morgan fingerprint density at radius 2 is 2.06 bits per heavy atom. The monoisotopic (exact) mass is 254 g/mol. The van der Waals surface area contributed by atoms with E-state index in [1.165, 1.54) is 18.3 Å². The lowest BCUT2D eigenvalue weighted by molar-refractivity contribution is -0.118. The Morgan fingerprint density at radius 1 is 1.44 bits per heavy atom. The zero-order valence-corrected chi connectivity index (χ0v) is 11.2. The summed E-state index contributed by atoms with van der Waals surface area (Å²) in [6.45, 7) is 6.83. The van der Waals surface area contributed by atoms with Crippen LogP contribution in [0.15, 0.2) is 6.33 Å². The number of hydrogen-bond donors (Lipinski definition) is 1. The van der Waals surface area contributed by atoms with Crippen molar-refractivity contribution in [1.82, 2.24) is 20.1 Å². The van der Waals surface area contributed by atoms with Crippen LogP contribution in [0.1, 0.15) is 33.5 Å². The van der Waals surface area contributed by atoms with Gasteiger partial charge in [0.1, 0.15) is 11.9 Å². The Bertz CT molecular complexity index is 424. The summed E-state index contributed by atoms with van der Waals surface area (Å²) in [4.78, 5) is 28.3. The van der Waals surface area contributed by atoms with E-state index in [0.29, 0.717) is 6.29 Å². The minimum absolute atomic E-state index is 0.283. The number of carbonyl (C=O) groups is 2. The van der Waals surface area contributed by atoms with Crippen LogP contribution in [0, 0.1) is 0 Å². The summed E-state index contributed by atoms with van der Waals surface area (Å²) < 4.78 is 5.21. The summed E-state index contributed by atoms with van der Waals surface area (Å²) in [6, 6.07) is 0. The molecule has 18 heavy (non-hydrogen) atoms. The van der Waals surface area contributed by atoms with E-state index in [-0.39, 0.29) is 5.82 Å². The van der Waals surface area contributed by atoms with Crippen molar-refractivity contribution < 1.29 is 14.3 Å². The molecule has 0 radical (unpaired) electrons. The van der Waals surface area contributed by atoms with Crippen molar-refractivity contribution in [2.24, 2.45) is 0 Å². The molecule has 0 aliphatic carbocycles. The van der Waals surface area contributed by atoms with Crippen LogP contribution in [-0.4, -0.2) is 45.1 Å². The van der Waals surface area contributed by atoms with Gasteiger partial charge in [-0.15, -0.1) is 0 Å². The predicted molar refractivity (Wildman–Crippen MR) is 63.8 cm³/mol. The van der Waals surface area contributed by atoms with Crippen LogP contribution in [0.2, 0.25) is 0 Å². The Kier molecular flexibility index (Phi) is 3.73. The summed E-state index contributed by atoms with van der Waals surface area (Å²) in [6.07, 6.45) is 1.30. The van der Waals surface area contributed by atoms with Gasteiger partial charge in [-0.25, -0.2) is 9.78 Å². The van der Waals surface area contributed by atoms with Crippen molar-refractivity contribution in [1.29, 1.82) is 0 Å². The molecule has 7 heteroatoms. The number of ether oxygens (including phenoxy) is 1. The quantitative estimate of drug-likeness (QED) is 0.815. The lowest BCUT2D eigenvalue weighted by Gasteiger charge is -2.33. The van der Waals surface area contributed by atoms with Gasteiger partial charge >= 0.3 is 6.09 Å². The topological polar surface area (TPSA) is 88.2 Å². The van der Waals surface area contributed by atoms with Crippen LogP contribution in [0.5, 0.6) is 0 Å². The maximum atomic E-state index is 11.9. The van der Waals surface area contributed by atoms with E-state index in [0.717, 1.165) is 0 Å². The number of rotatable bonds is 3. The molecule has 0 spiro atoms. The lowest BCUT2D eigenvalue weighted by Crippen LogP contribution is -2.48. The first-order chi connectivity index (χ1) is 8.20. The van der Waals surface area contributed by atoms with Crippen molar-refractivity contribution >= 4 is 12.4 Å². The molecule has 1 N–H and O–H groups in total. The number of aromatic nitrogens is 3. The van der Waals surface area contributed by atoms with E-state index < -0.39 is 17.2 Å². The van der Waals surface area contributed by atoms with Gasteiger partial charge in [0, 0.05) is 7.05 Å². The van der Waals surface area contributed by atoms with E-state index in [2.05, 4.69) is 15.2 Å². The molecule has 0 bridgehead atoms. The fourth-order valence-electron chi connectivity index (χ4n) is 1.26. The number of aldehydes is 1. The second-order valence-electron chi connectivity index (χ2n) is 5.14. The molecule has 0 aliphatic heterocycles. The number of hydrogen-bond acceptors (Lipinski definition) is 5. The SMILES string of the molecule is CN(C(=O)OC(C)(C)C)C(C)(C=O)c1ncn[nH]1. The Hall–Kier alpha value is -1.92. The summed E-state index contributed by atoms with van der Waals surface area (Å²) in [7, 11) is 1.48. The van der Waals surface area contributed by atoms with E-state index >= 15 is 0 Å². The standard InChI is InChI=1S/C11H18N4O3/c1-10(2,3)18-9(17)15(5)11(4,6-16)8-12-7-13-14-8/h6-7H,1-5H3,(H,12,13,14). The highest BCUT2D eigenvalue weighted by molar-refractivity contribution is 5.76. The van der Waals surface area contributed by atoms with E-state index in [1.54, 1.807) is 27.7 Å². The van der Waals surface area contributed by atoms with Gasteiger partial charge in [0.05, 0.1) is 0 Å². The van der Waals surface area contributed by atoms with Crippen LogP contribution in [0.4, 0.5) is 4.79 Å². The zero-order valence-electron chi connectivity index (χ0n) is 11.2. The summed E-state index contributed by atoms with van der Waals surface area (Å²) in [5, 5.41) is 6.26. The highest BCUT2D eigenvalue weighted by atomic mass is 16.6. The maximum absolute atomic E-state index is 11.9. The number of H-pyrrole nitrogens is 1. The molecule has 7 nitrogen and oxygen atoms in total. The van der Waals surface area contributed by atoms with E-state index in [1.807, 2.05) is 0 Å². The number of aromatic amines is 1. The normalized spacial score (nSPS) is 14.7. The molecule has 0 saturated carbocycles. The van der Waals surface area contributed by atoms with E-state index in [4.69, 9.17) is 4.74 Å². The molecule has 1 heterocycles. The average Bonchev–Trinajstić information content (AvgIpc) is 2.78. The van der Waals surface area contributed by atoms with Crippen LogP contribution in [0.3, 0.4) is 0 Å². The summed E-state index contributed by atoms with van der Waals surface area (Å²) >= 11 is 0. The molecule has 1 unspecified atom stereocenters. The van der Waals surface area contributed by atoms with Crippen LogP contribution in [-0.2, 0) is 15.1 Å². The Balaban J connectivity index is 2.96. The molecular formula is C11H18N4O3. The number of carbonyl (C=O) groups excluding carboxylic acids is 2. The van der Waals surface area contributed by atoms with Crippen molar-refractivity contribution in [2.45, 2.75) is 38.8 Å². The predicted octanol–water partition coefficient (Wildman–Crippen LogP) is 1.09. The molecule has 1 atom stereocenters. The van der Waals surface area contributed by atoms with E-state index in [9.17, 15) is 9.59 Å². The third-order valence-electron chi connectivity index (χ3n) is 2.49. The third kappa shape index (κ3) is 2.85. The molecule has 100 valence electrons. The minimum Gasteiger partial charge on any atom is -0.444 e. The van der Waals surface area contributed by atoms with Crippen molar-refractivity contribution in [2.75, 3.05) is 7.05 Å². The number of nitrogens with one attached hydrogen (secondary N) is 1. The van der Waals surface area contributed by atoms with Crippen molar-refractivity contribution in [3.63, 3.8) is 0 Å². The van der Waals surface area contributed by atoms with Crippen molar-refractivity contribution in [3.05, 3.63) is 12.2 Å². The highest BCUT2D eigenvalue weighted by Crippen LogP contribution is 2.23. The molecule has 0 fully saturated rings. The Labute approximate surface area is 106 Å². The average molecular weight is 254 g/mol. The van der Waals surface area contributed by atoms with Crippen LogP contribution >= 0.6 is 0 Å². The first-order valence-corrected chi connectivity index (χ1v) is 5.49. The van der Waals surface area contributed by atoms with Crippen LogP contribution < -0.4 is 0 Å². The first kappa shape index (κ1) is 14.1. The zero-order chi connectivity index (χ0) is 14.0. The second kappa shape index (κ2) is 4.75. The molecule has 1 aromatic rings. The highest BCUT2D eigenvalue weighted by Gasteiger charge is 2.39. The number of amides is 1. The molecule has 0 aromatic carbocycles. The maximum Gasteiger partial charge on any atom is 0.411 e. The molecule has 1 rings (SSSR count). The molecule has 0 aliphatic rings. The Morgan fingerprint density at radius 3 is 2.44 bits per heavy atom. The van der Waals surface area contributed by atoms with Gasteiger partial charge in [-0.1, -0.05) is 0 Å². The van der Waals surface area contributed by atoms with Gasteiger partial charge in [-0.2, -0.15) is 5.10 Å². The second-order valence-corrected chi connectivity index (χ2v) is 5.14. The molecule has 1 amide bonds. The fourth-order valence-corrected chi connectivity index (χ4v) is 1.26. The minimum atomic E-state index is -1.24. The van der Waals surface area contributed by atoms with Gasteiger partial charge in [-0.3, -0.25) is 10.00 Å². The lowest BCUT2D eigenvalue weighted by atomic mass is 10.0. The smallest absolute Gasteiger partial charge is 0.411 e. The third-order valence-corrected chi connectivity index (χ3v) is 2.49. The number of likely N-dealkylation sites (N-methyl/N-ethyl adjacent to an activating group) is 1. The van der Waals surface area contributed by atoms with Gasteiger partial charge in [0.15, 0.2) is 17.6 Å². The van der Waals surface area contributed by atoms with Gasteiger partial charge in [0.25, 0.3) is 0 Å². The summed E-state index contributed by atoms with van der Waals surface area (Å²) in [5.74, 6) is 0.283.